The van der Waals surface area contributed by atoms with Crippen LogP contribution in [-0.4, -0.2) is 67.5 Å². The largest absolute Gasteiger partial charge is 0.377 e. The monoisotopic (exact) mass is 478 g/mol. The van der Waals surface area contributed by atoms with Crippen LogP contribution in [0, 0.1) is 12.3 Å². The van der Waals surface area contributed by atoms with Crippen molar-refractivity contribution in [3.8, 4) is 0 Å². The highest BCUT2D eigenvalue weighted by atomic mass is 32.2. The minimum atomic E-state index is -3.91. The number of rotatable bonds is 5. The molecule has 4 rings (SSSR count). The molecule has 1 N–H and O–H groups in total. The van der Waals surface area contributed by atoms with Gasteiger partial charge in [0.15, 0.2) is 0 Å². The number of morpholine rings is 1. The Bertz CT molecular complexity index is 986. The summed E-state index contributed by atoms with van der Waals surface area (Å²) in [5.41, 5.74) is 0.974. The summed E-state index contributed by atoms with van der Waals surface area (Å²) in [6.45, 7) is 11.7. The number of pyridine rings is 1. The Balaban J connectivity index is 1.62. The lowest BCUT2D eigenvalue weighted by Crippen LogP contribution is -2.51. The van der Waals surface area contributed by atoms with Crippen LogP contribution in [0.15, 0.2) is 17.0 Å². The van der Waals surface area contributed by atoms with Crippen LogP contribution in [0.5, 0.6) is 0 Å². The highest BCUT2D eigenvalue weighted by Gasteiger charge is 2.43. The first-order valence-electron chi connectivity index (χ1n) is 12.2. The van der Waals surface area contributed by atoms with Gasteiger partial charge in [0.25, 0.3) is 0 Å². The van der Waals surface area contributed by atoms with E-state index in [1.54, 1.807) is 12.1 Å². The number of sulfonamides is 1. The minimum absolute atomic E-state index is 0.000365. The van der Waals surface area contributed by atoms with Gasteiger partial charge in [-0.1, -0.05) is 13.8 Å². The fourth-order valence-corrected chi connectivity index (χ4v) is 7.39. The molecule has 2 saturated heterocycles. The van der Waals surface area contributed by atoms with Crippen molar-refractivity contribution in [2.24, 2.45) is 5.41 Å². The van der Waals surface area contributed by atoms with Crippen molar-refractivity contribution >= 4 is 21.7 Å². The second-order valence-electron chi connectivity index (χ2n) is 10.8. The van der Waals surface area contributed by atoms with Crippen LogP contribution in [0.25, 0.3) is 0 Å². The second-order valence-corrected chi connectivity index (χ2v) is 12.7. The van der Waals surface area contributed by atoms with Gasteiger partial charge < -0.3 is 15.0 Å². The maximum absolute atomic E-state index is 13.9. The average molecular weight is 479 g/mol. The Kier molecular flexibility index (Phi) is 6.77. The van der Waals surface area contributed by atoms with E-state index >= 15 is 0 Å². The van der Waals surface area contributed by atoms with Gasteiger partial charge >= 0.3 is 0 Å². The van der Waals surface area contributed by atoms with E-state index in [2.05, 4.69) is 29.0 Å². The topological polar surface area (TPSA) is 91.8 Å². The molecular formula is C24H38N4O4S. The highest BCUT2D eigenvalue weighted by Crippen LogP contribution is 2.38. The lowest BCUT2D eigenvalue weighted by Gasteiger charge is -2.40. The summed E-state index contributed by atoms with van der Waals surface area (Å²) in [5.74, 6) is 0.287. The van der Waals surface area contributed by atoms with Crippen molar-refractivity contribution in [1.29, 1.82) is 0 Å². The number of anilines is 1. The number of ether oxygens (including phenoxy) is 1. The first kappa shape index (κ1) is 24.4. The lowest BCUT2D eigenvalue weighted by molar-refractivity contribution is -0.124. The number of carbonyl (C=O) groups excluding carboxylic acids is 1. The van der Waals surface area contributed by atoms with Crippen LogP contribution in [-0.2, 0) is 19.6 Å². The van der Waals surface area contributed by atoms with Crippen LogP contribution in [0.3, 0.4) is 0 Å². The van der Waals surface area contributed by atoms with E-state index in [0.717, 1.165) is 25.0 Å². The molecule has 4 atom stereocenters. The van der Waals surface area contributed by atoms with E-state index in [-0.39, 0.29) is 34.3 Å². The predicted octanol–water partition coefficient (Wildman–Crippen LogP) is 2.85. The Morgan fingerprint density at radius 3 is 2.52 bits per heavy atom. The molecule has 8 nitrogen and oxygen atoms in total. The van der Waals surface area contributed by atoms with Crippen LogP contribution < -0.4 is 10.2 Å². The standard InChI is InChI=1S/C24H38N4O4S/c1-16-8-9-21(22(25-16)28-17(2)14-32-15-18(28)3)33(30,31)27-12-6-7-20(27)23(29)26-19-10-11-24(4,5)13-19/h8-9,17-20H,6-7,10-15H2,1-5H3,(H,26,29)/t17-,18-,19?,20-/m0/s1. The van der Waals surface area contributed by atoms with Gasteiger partial charge in [0.1, 0.15) is 16.8 Å². The van der Waals surface area contributed by atoms with E-state index in [1.807, 2.05) is 20.8 Å². The quantitative estimate of drug-likeness (QED) is 0.700. The van der Waals surface area contributed by atoms with E-state index < -0.39 is 16.1 Å². The Hall–Kier alpha value is -1.71. The molecule has 1 aliphatic carbocycles. The number of nitrogens with one attached hydrogen (secondary N) is 1. The van der Waals surface area contributed by atoms with Crippen molar-refractivity contribution < 1.29 is 17.9 Å². The fraction of sp³-hybridized carbons (Fsp3) is 0.750. The van der Waals surface area contributed by atoms with E-state index in [4.69, 9.17) is 4.74 Å². The molecule has 2 aliphatic heterocycles. The number of amides is 1. The minimum Gasteiger partial charge on any atom is -0.377 e. The van der Waals surface area contributed by atoms with Gasteiger partial charge in [0.05, 0.1) is 25.3 Å². The summed E-state index contributed by atoms with van der Waals surface area (Å²) in [5, 5.41) is 3.14. The van der Waals surface area contributed by atoms with Crippen molar-refractivity contribution in [1.82, 2.24) is 14.6 Å². The van der Waals surface area contributed by atoms with Gasteiger partial charge in [0, 0.05) is 18.3 Å². The maximum atomic E-state index is 13.9. The Morgan fingerprint density at radius 1 is 1.18 bits per heavy atom. The number of aryl methyl sites for hydroxylation is 1. The number of hydrogen-bond donors (Lipinski definition) is 1. The Morgan fingerprint density at radius 2 is 1.88 bits per heavy atom. The molecule has 1 unspecified atom stereocenters. The van der Waals surface area contributed by atoms with Gasteiger partial charge in [-0.2, -0.15) is 4.31 Å². The third-order valence-electron chi connectivity index (χ3n) is 7.30. The summed E-state index contributed by atoms with van der Waals surface area (Å²) < 4.78 is 34.9. The molecule has 3 fully saturated rings. The summed E-state index contributed by atoms with van der Waals surface area (Å²) in [7, 11) is -3.91. The number of hydrogen-bond acceptors (Lipinski definition) is 6. The third kappa shape index (κ3) is 4.91. The molecule has 3 heterocycles. The van der Waals surface area contributed by atoms with E-state index in [9.17, 15) is 13.2 Å². The molecule has 1 amide bonds. The van der Waals surface area contributed by atoms with Gasteiger partial charge in [-0.3, -0.25) is 4.79 Å². The predicted molar refractivity (Wildman–Crippen MR) is 128 cm³/mol. The number of nitrogens with zero attached hydrogens (tertiary/aromatic N) is 3. The van der Waals surface area contributed by atoms with Crippen molar-refractivity contribution in [2.75, 3.05) is 24.7 Å². The zero-order chi connectivity index (χ0) is 24.0. The molecule has 0 bridgehead atoms. The molecule has 9 heteroatoms. The van der Waals surface area contributed by atoms with Crippen molar-refractivity contribution in [3.63, 3.8) is 0 Å². The van der Waals surface area contributed by atoms with Gasteiger partial charge in [-0.05, 0) is 70.4 Å². The normalized spacial score (nSPS) is 30.5. The smallest absolute Gasteiger partial charge is 0.247 e. The van der Waals surface area contributed by atoms with Crippen LogP contribution in [0.1, 0.15) is 65.5 Å². The van der Waals surface area contributed by atoms with Crippen LogP contribution in [0.2, 0.25) is 0 Å². The molecule has 3 aliphatic rings. The highest BCUT2D eigenvalue weighted by molar-refractivity contribution is 7.89. The zero-order valence-electron chi connectivity index (χ0n) is 20.5. The second kappa shape index (κ2) is 9.15. The fourth-order valence-electron chi connectivity index (χ4n) is 5.61. The first-order valence-corrected chi connectivity index (χ1v) is 13.6. The molecule has 0 radical (unpaired) electrons. The molecular weight excluding hydrogens is 440 g/mol. The molecule has 1 saturated carbocycles. The summed E-state index contributed by atoms with van der Waals surface area (Å²) >= 11 is 0. The summed E-state index contributed by atoms with van der Waals surface area (Å²) in [6, 6.07) is 2.82. The van der Waals surface area contributed by atoms with E-state index in [0.29, 0.717) is 38.4 Å². The number of carbonyl (C=O) groups is 1. The molecule has 0 aromatic carbocycles. The van der Waals surface area contributed by atoms with Crippen molar-refractivity contribution in [2.45, 2.75) is 95.8 Å². The van der Waals surface area contributed by atoms with Crippen LogP contribution in [0.4, 0.5) is 5.82 Å². The summed E-state index contributed by atoms with van der Waals surface area (Å²) in [4.78, 5) is 20.1. The SMILES string of the molecule is Cc1ccc(S(=O)(=O)N2CCC[C@H]2C(=O)NC2CCC(C)(C)C2)c(N2[C@@H](C)COC[C@@H]2C)n1. The van der Waals surface area contributed by atoms with Gasteiger partial charge in [-0.15, -0.1) is 0 Å². The average Bonchev–Trinajstić information content (AvgIpc) is 3.35. The number of aromatic nitrogens is 1. The molecule has 1 aromatic heterocycles. The first-order chi connectivity index (χ1) is 15.5. The van der Waals surface area contributed by atoms with E-state index in [1.165, 1.54) is 4.31 Å². The molecule has 184 valence electrons. The maximum Gasteiger partial charge on any atom is 0.247 e. The lowest BCUT2D eigenvalue weighted by atomic mass is 9.92. The van der Waals surface area contributed by atoms with Gasteiger partial charge in [0.2, 0.25) is 15.9 Å². The zero-order valence-corrected chi connectivity index (χ0v) is 21.3. The van der Waals surface area contributed by atoms with Crippen molar-refractivity contribution in [3.05, 3.63) is 17.8 Å². The van der Waals surface area contributed by atoms with Crippen LogP contribution >= 0.6 is 0 Å². The Labute approximate surface area is 198 Å². The summed E-state index contributed by atoms with van der Waals surface area (Å²) in [6.07, 6.45) is 4.15. The molecule has 1 aromatic rings. The molecule has 33 heavy (non-hydrogen) atoms. The third-order valence-corrected chi connectivity index (χ3v) is 9.23. The molecule has 0 spiro atoms. The van der Waals surface area contributed by atoms with Gasteiger partial charge in [-0.25, -0.2) is 13.4 Å².